The summed E-state index contributed by atoms with van der Waals surface area (Å²) >= 11 is 0. The van der Waals surface area contributed by atoms with Crippen LogP contribution < -0.4 is 5.32 Å². The second kappa shape index (κ2) is 4.94. The predicted molar refractivity (Wildman–Crippen MR) is 59.7 cm³/mol. The van der Waals surface area contributed by atoms with Crippen molar-refractivity contribution in [3.05, 3.63) is 0 Å². The van der Waals surface area contributed by atoms with Crippen molar-refractivity contribution in [2.24, 2.45) is 5.92 Å². The Morgan fingerprint density at radius 2 is 2.00 bits per heavy atom. The lowest BCUT2D eigenvalue weighted by Crippen LogP contribution is -2.51. The van der Waals surface area contributed by atoms with Crippen molar-refractivity contribution in [1.29, 1.82) is 0 Å². The zero-order chi connectivity index (χ0) is 10.7. The van der Waals surface area contributed by atoms with Gasteiger partial charge in [0.25, 0.3) is 0 Å². The Kier molecular flexibility index (Phi) is 3.59. The summed E-state index contributed by atoms with van der Waals surface area (Å²) in [6.07, 6.45) is 2.21. The van der Waals surface area contributed by atoms with Crippen LogP contribution in [0.5, 0.6) is 0 Å². The van der Waals surface area contributed by atoms with Crippen LogP contribution in [0.1, 0.15) is 12.8 Å². The SMILES string of the molecule is CN1CCN(C(=O)[C@@H]2CCCNC2)CC1. The fraction of sp³-hybridized carbons (Fsp3) is 0.909. The molecule has 0 aromatic heterocycles. The molecule has 4 heteroatoms. The summed E-state index contributed by atoms with van der Waals surface area (Å²) in [7, 11) is 2.12. The zero-order valence-electron chi connectivity index (χ0n) is 9.54. The first-order chi connectivity index (χ1) is 7.27. The monoisotopic (exact) mass is 211 g/mol. The number of hydrogen-bond acceptors (Lipinski definition) is 3. The minimum Gasteiger partial charge on any atom is -0.340 e. The van der Waals surface area contributed by atoms with E-state index in [-0.39, 0.29) is 5.92 Å². The first-order valence-electron chi connectivity index (χ1n) is 5.95. The van der Waals surface area contributed by atoms with E-state index in [9.17, 15) is 4.79 Å². The van der Waals surface area contributed by atoms with Crippen LogP contribution in [0.3, 0.4) is 0 Å². The molecule has 0 spiro atoms. The van der Waals surface area contributed by atoms with Crippen LogP contribution in [-0.2, 0) is 4.79 Å². The fourth-order valence-electron chi connectivity index (χ4n) is 2.35. The molecular weight excluding hydrogens is 190 g/mol. The van der Waals surface area contributed by atoms with Gasteiger partial charge in [-0.3, -0.25) is 4.79 Å². The standard InChI is InChI=1S/C11H21N3O/c1-13-5-7-14(8-6-13)11(15)10-3-2-4-12-9-10/h10,12H,2-9H2,1H3/t10-/m1/s1. The summed E-state index contributed by atoms with van der Waals surface area (Å²) < 4.78 is 0. The molecule has 2 aliphatic heterocycles. The molecule has 15 heavy (non-hydrogen) atoms. The highest BCUT2D eigenvalue weighted by molar-refractivity contribution is 5.79. The van der Waals surface area contributed by atoms with Crippen LogP contribution in [0.15, 0.2) is 0 Å². The van der Waals surface area contributed by atoms with Crippen molar-refractivity contribution >= 4 is 5.91 Å². The number of nitrogens with one attached hydrogen (secondary N) is 1. The van der Waals surface area contributed by atoms with E-state index < -0.39 is 0 Å². The van der Waals surface area contributed by atoms with Gasteiger partial charge in [0, 0.05) is 32.7 Å². The molecule has 0 aliphatic carbocycles. The van der Waals surface area contributed by atoms with E-state index in [2.05, 4.69) is 17.3 Å². The Hall–Kier alpha value is -0.610. The third-order valence-electron chi connectivity index (χ3n) is 3.46. The number of hydrogen-bond donors (Lipinski definition) is 1. The molecule has 0 unspecified atom stereocenters. The van der Waals surface area contributed by atoms with Gasteiger partial charge in [0.1, 0.15) is 0 Å². The van der Waals surface area contributed by atoms with Crippen LogP contribution in [0.2, 0.25) is 0 Å². The van der Waals surface area contributed by atoms with Crippen molar-refractivity contribution in [2.45, 2.75) is 12.8 Å². The van der Waals surface area contributed by atoms with Gasteiger partial charge in [-0.05, 0) is 26.4 Å². The summed E-state index contributed by atoms with van der Waals surface area (Å²) in [5.41, 5.74) is 0. The van der Waals surface area contributed by atoms with Gasteiger partial charge in [0.15, 0.2) is 0 Å². The molecule has 2 rings (SSSR count). The number of nitrogens with zero attached hydrogens (tertiary/aromatic N) is 2. The summed E-state index contributed by atoms with van der Waals surface area (Å²) in [6, 6.07) is 0. The van der Waals surface area contributed by atoms with E-state index >= 15 is 0 Å². The van der Waals surface area contributed by atoms with Crippen molar-refractivity contribution in [2.75, 3.05) is 46.3 Å². The van der Waals surface area contributed by atoms with Crippen LogP contribution >= 0.6 is 0 Å². The molecule has 86 valence electrons. The number of carbonyl (C=O) groups is 1. The van der Waals surface area contributed by atoms with E-state index in [0.717, 1.165) is 52.1 Å². The summed E-state index contributed by atoms with van der Waals surface area (Å²) in [6.45, 7) is 5.81. The Bertz CT molecular complexity index is 218. The van der Waals surface area contributed by atoms with E-state index in [1.807, 2.05) is 4.90 Å². The lowest BCUT2D eigenvalue weighted by atomic mass is 9.98. The Morgan fingerprint density at radius 1 is 1.27 bits per heavy atom. The lowest BCUT2D eigenvalue weighted by molar-refractivity contribution is -0.137. The molecule has 2 fully saturated rings. The quantitative estimate of drug-likeness (QED) is 0.650. The maximum atomic E-state index is 12.1. The highest BCUT2D eigenvalue weighted by Gasteiger charge is 2.27. The van der Waals surface area contributed by atoms with Gasteiger partial charge >= 0.3 is 0 Å². The molecule has 2 saturated heterocycles. The number of piperidine rings is 1. The average Bonchev–Trinajstić information content (AvgIpc) is 2.30. The lowest BCUT2D eigenvalue weighted by Gasteiger charge is -2.35. The van der Waals surface area contributed by atoms with Gasteiger partial charge in [-0.2, -0.15) is 0 Å². The number of amides is 1. The minimum absolute atomic E-state index is 0.238. The van der Waals surface area contributed by atoms with Crippen molar-refractivity contribution in [1.82, 2.24) is 15.1 Å². The van der Waals surface area contributed by atoms with Gasteiger partial charge in [0.05, 0.1) is 5.92 Å². The molecule has 0 aromatic carbocycles. The third-order valence-corrected chi connectivity index (χ3v) is 3.46. The first kappa shape index (κ1) is 10.9. The molecule has 4 nitrogen and oxygen atoms in total. The van der Waals surface area contributed by atoms with Gasteiger partial charge in [-0.15, -0.1) is 0 Å². The summed E-state index contributed by atoms with van der Waals surface area (Å²) in [5.74, 6) is 0.609. The molecule has 0 radical (unpaired) electrons. The summed E-state index contributed by atoms with van der Waals surface area (Å²) in [5, 5.41) is 3.31. The second-order valence-corrected chi connectivity index (χ2v) is 4.67. The Labute approximate surface area is 91.6 Å². The van der Waals surface area contributed by atoms with Gasteiger partial charge in [-0.25, -0.2) is 0 Å². The average molecular weight is 211 g/mol. The van der Waals surface area contributed by atoms with E-state index in [0.29, 0.717) is 5.91 Å². The smallest absolute Gasteiger partial charge is 0.227 e. The fourth-order valence-corrected chi connectivity index (χ4v) is 2.35. The molecule has 0 saturated carbocycles. The number of piperazine rings is 1. The molecule has 0 aromatic rings. The number of likely N-dealkylation sites (N-methyl/N-ethyl adjacent to an activating group) is 1. The van der Waals surface area contributed by atoms with Crippen molar-refractivity contribution in [3.8, 4) is 0 Å². The van der Waals surface area contributed by atoms with Crippen molar-refractivity contribution < 1.29 is 4.79 Å². The maximum absolute atomic E-state index is 12.1. The molecular formula is C11H21N3O. The molecule has 1 amide bonds. The van der Waals surface area contributed by atoms with Gasteiger partial charge in [0.2, 0.25) is 5.91 Å². The summed E-state index contributed by atoms with van der Waals surface area (Å²) in [4.78, 5) is 16.4. The molecule has 2 heterocycles. The number of rotatable bonds is 1. The predicted octanol–water partition coefficient (Wildman–Crippen LogP) is -0.240. The second-order valence-electron chi connectivity index (χ2n) is 4.67. The van der Waals surface area contributed by atoms with Crippen molar-refractivity contribution in [3.63, 3.8) is 0 Å². The van der Waals surface area contributed by atoms with E-state index in [4.69, 9.17) is 0 Å². The van der Waals surface area contributed by atoms with E-state index in [1.165, 1.54) is 0 Å². The van der Waals surface area contributed by atoms with Crippen LogP contribution in [0, 0.1) is 5.92 Å². The number of carbonyl (C=O) groups excluding carboxylic acids is 1. The largest absolute Gasteiger partial charge is 0.340 e. The molecule has 2 aliphatic rings. The zero-order valence-corrected chi connectivity index (χ0v) is 9.54. The third kappa shape index (κ3) is 2.69. The first-order valence-corrected chi connectivity index (χ1v) is 5.95. The highest BCUT2D eigenvalue weighted by Crippen LogP contribution is 2.14. The molecule has 1 N–H and O–H groups in total. The molecule has 1 atom stereocenters. The van der Waals surface area contributed by atoms with Crippen LogP contribution in [0.25, 0.3) is 0 Å². The van der Waals surface area contributed by atoms with Gasteiger partial charge in [-0.1, -0.05) is 0 Å². The topological polar surface area (TPSA) is 35.6 Å². The normalized spacial score (nSPS) is 29.1. The van der Waals surface area contributed by atoms with E-state index in [1.54, 1.807) is 0 Å². The van der Waals surface area contributed by atoms with Gasteiger partial charge < -0.3 is 15.1 Å². The maximum Gasteiger partial charge on any atom is 0.227 e. The Balaban J connectivity index is 1.84. The van der Waals surface area contributed by atoms with Crippen LogP contribution in [0.4, 0.5) is 0 Å². The Morgan fingerprint density at radius 3 is 2.60 bits per heavy atom. The van der Waals surface area contributed by atoms with Crippen LogP contribution in [-0.4, -0.2) is 62.0 Å². The molecule has 0 bridgehead atoms. The highest BCUT2D eigenvalue weighted by atomic mass is 16.2. The minimum atomic E-state index is 0.238.